The number of nitrogens with two attached hydrogens (primary N) is 1. The van der Waals surface area contributed by atoms with Crippen LogP contribution >= 0.6 is 0 Å². The van der Waals surface area contributed by atoms with Crippen molar-refractivity contribution in [2.75, 3.05) is 11.1 Å². The van der Waals surface area contributed by atoms with E-state index in [4.69, 9.17) is 5.73 Å². The Bertz CT molecular complexity index is 819. The molecule has 3 aromatic carbocycles. The third-order valence-electron chi connectivity index (χ3n) is 3.57. The van der Waals surface area contributed by atoms with Gasteiger partial charge >= 0.3 is 0 Å². The van der Waals surface area contributed by atoms with Crippen molar-refractivity contribution < 1.29 is 4.79 Å². The quantitative estimate of drug-likeness (QED) is 0.695. The molecule has 0 aliphatic heterocycles. The summed E-state index contributed by atoms with van der Waals surface area (Å²) in [4.78, 5) is 12.5. The van der Waals surface area contributed by atoms with Crippen LogP contribution in [0.25, 0.3) is 10.8 Å². The molecule has 3 aromatic rings. The molecule has 0 aromatic heterocycles. The lowest BCUT2D eigenvalue weighted by Gasteiger charge is -2.09. The van der Waals surface area contributed by atoms with Crippen molar-refractivity contribution in [1.82, 2.24) is 0 Å². The lowest BCUT2D eigenvalue weighted by molar-refractivity contribution is 0.102. The van der Waals surface area contributed by atoms with Gasteiger partial charge in [-0.3, -0.25) is 4.79 Å². The predicted octanol–water partition coefficient (Wildman–Crippen LogP) is 3.98. The summed E-state index contributed by atoms with van der Waals surface area (Å²) >= 11 is 0. The van der Waals surface area contributed by atoms with Gasteiger partial charge in [0.15, 0.2) is 0 Å². The van der Waals surface area contributed by atoms with Crippen molar-refractivity contribution in [2.24, 2.45) is 0 Å². The molecule has 0 radical (unpaired) electrons. The fraction of sp³-hybridized carbons (Fsp3) is 0.0556. The lowest BCUT2D eigenvalue weighted by Crippen LogP contribution is -2.12. The smallest absolute Gasteiger partial charge is 0.256 e. The Balaban J connectivity index is 1.95. The van der Waals surface area contributed by atoms with Crippen LogP contribution in [0.3, 0.4) is 0 Å². The Kier molecular flexibility index (Phi) is 3.32. The van der Waals surface area contributed by atoms with Crippen LogP contribution < -0.4 is 11.1 Å². The van der Waals surface area contributed by atoms with E-state index in [1.165, 1.54) is 0 Å². The number of nitrogens with one attached hydrogen (secondary N) is 1. The molecule has 0 aliphatic carbocycles. The first-order valence-electron chi connectivity index (χ1n) is 6.80. The van der Waals surface area contributed by atoms with Crippen molar-refractivity contribution in [2.45, 2.75) is 6.92 Å². The van der Waals surface area contributed by atoms with E-state index in [2.05, 4.69) is 5.32 Å². The number of fused-ring (bicyclic) bond motifs is 1. The average Bonchev–Trinajstić information content (AvgIpc) is 2.50. The molecular weight excluding hydrogens is 260 g/mol. The SMILES string of the molecule is Cc1ccc(NC(=O)c2cccc3ccccc23)cc1N. The number of hydrogen-bond acceptors (Lipinski definition) is 2. The molecule has 3 rings (SSSR count). The maximum Gasteiger partial charge on any atom is 0.256 e. The van der Waals surface area contributed by atoms with Gasteiger partial charge in [0.25, 0.3) is 5.91 Å². The number of hydrogen-bond donors (Lipinski definition) is 2. The third-order valence-corrected chi connectivity index (χ3v) is 3.57. The molecule has 0 bridgehead atoms. The minimum atomic E-state index is -0.130. The van der Waals surface area contributed by atoms with Gasteiger partial charge in [0, 0.05) is 16.9 Å². The topological polar surface area (TPSA) is 55.1 Å². The van der Waals surface area contributed by atoms with Crippen molar-refractivity contribution in [3.8, 4) is 0 Å². The molecule has 0 aliphatic rings. The van der Waals surface area contributed by atoms with E-state index in [0.717, 1.165) is 16.3 Å². The van der Waals surface area contributed by atoms with Gasteiger partial charge < -0.3 is 11.1 Å². The predicted molar refractivity (Wildman–Crippen MR) is 87.5 cm³/mol. The average molecular weight is 276 g/mol. The Morgan fingerprint density at radius 2 is 1.76 bits per heavy atom. The summed E-state index contributed by atoms with van der Waals surface area (Å²) in [6, 6.07) is 19.1. The van der Waals surface area contributed by atoms with Gasteiger partial charge in [-0.15, -0.1) is 0 Å². The highest BCUT2D eigenvalue weighted by atomic mass is 16.1. The van der Waals surface area contributed by atoms with Gasteiger partial charge in [-0.2, -0.15) is 0 Å². The van der Waals surface area contributed by atoms with E-state index in [9.17, 15) is 4.79 Å². The number of amides is 1. The van der Waals surface area contributed by atoms with Crippen LogP contribution in [0.5, 0.6) is 0 Å². The number of nitrogen functional groups attached to an aromatic ring is 1. The maximum absolute atomic E-state index is 12.5. The number of rotatable bonds is 2. The number of carbonyl (C=O) groups is 1. The van der Waals surface area contributed by atoms with Gasteiger partial charge in [0.2, 0.25) is 0 Å². The second kappa shape index (κ2) is 5.29. The number of aryl methyl sites for hydroxylation is 1. The van der Waals surface area contributed by atoms with Crippen LogP contribution in [-0.4, -0.2) is 5.91 Å². The summed E-state index contributed by atoms with van der Waals surface area (Å²) in [6.07, 6.45) is 0. The van der Waals surface area contributed by atoms with Gasteiger partial charge in [0.05, 0.1) is 0 Å². The van der Waals surface area contributed by atoms with E-state index in [-0.39, 0.29) is 5.91 Å². The zero-order valence-electron chi connectivity index (χ0n) is 11.8. The zero-order valence-corrected chi connectivity index (χ0v) is 11.8. The Hall–Kier alpha value is -2.81. The fourth-order valence-corrected chi connectivity index (χ4v) is 2.34. The monoisotopic (exact) mass is 276 g/mol. The van der Waals surface area contributed by atoms with Crippen LogP contribution in [0.1, 0.15) is 15.9 Å². The highest BCUT2D eigenvalue weighted by Crippen LogP contribution is 2.21. The summed E-state index contributed by atoms with van der Waals surface area (Å²) in [5, 5.41) is 4.89. The van der Waals surface area contributed by atoms with Crippen LogP contribution in [0.2, 0.25) is 0 Å². The number of anilines is 2. The molecule has 3 N–H and O–H groups in total. The van der Waals surface area contributed by atoms with Crippen LogP contribution in [-0.2, 0) is 0 Å². The molecule has 21 heavy (non-hydrogen) atoms. The number of benzene rings is 3. The Labute approximate surface area is 123 Å². The van der Waals surface area contributed by atoms with E-state index in [1.807, 2.05) is 61.5 Å². The summed E-state index contributed by atoms with van der Waals surface area (Å²) in [7, 11) is 0. The third kappa shape index (κ3) is 2.58. The molecule has 0 saturated carbocycles. The normalized spacial score (nSPS) is 10.5. The van der Waals surface area contributed by atoms with Gasteiger partial charge in [-0.05, 0) is 41.5 Å². The first-order chi connectivity index (χ1) is 10.1. The summed E-state index contributed by atoms with van der Waals surface area (Å²) < 4.78 is 0. The van der Waals surface area contributed by atoms with Crippen LogP contribution in [0, 0.1) is 6.92 Å². The fourth-order valence-electron chi connectivity index (χ4n) is 2.34. The second-order valence-corrected chi connectivity index (χ2v) is 5.05. The molecule has 104 valence electrons. The molecule has 3 heteroatoms. The standard InChI is InChI=1S/C18H16N2O/c1-12-9-10-14(11-17(12)19)20-18(21)16-8-4-6-13-5-2-3-7-15(13)16/h2-11H,19H2,1H3,(H,20,21). The van der Waals surface area contributed by atoms with Crippen molar-refractivity contribution in [3.05, 3.63) is 71.8 Å². The van der Waals surface area contributed by atoms with Gasteiger partial charge in [-0.25, -0.2) is 0 Å². The summed E-state index contributed by atoms with van der Waals surface area (Å²) in [5.74, 6) is -0.130. The molecule has 1 amide bonds. The number of carbonyl (C=O) groups excluding carboxylic acids is 1. The lowest BCUT2D eigenvalue weighted by atomic mass is 10.0. The summed E-state index contributed by atoms with van der Waals surface area (Å²) in [5.41, 5.74) is 8.91. The van der Waals surface area contributed by atoms with E-state index in [0.29, 0.717) is 16.9 Å². The second-order valence-electron chi connectivity index (χ2n) is 5.05. The highest BCUT2D eigenvalue weighted by Gasteiger charge is 2.10. The largest absolute Gasteiger partial charge is 0.398 e. The Morgan fingerprint density at radius 3 is 2.57 bits per heavy atom. The molecule has 0 unspecified atom stereocenters. The molecule has 0 spiro atoms. The first-order valence-corrected chi connectivity index (χ1v) is 6.80. The van der Waals surface area contributed by atoms with Crippen molar-refractivity contribution in [1.29, 1.82) is 0 Å². The molecule has 0 fully saturated rings. The minimum Gasteiger partial charge on any atom is -0.398 e. The summed E-state index contributed by atoms with van der Waals surface area (Å²) in [6.45, 7) is 1.94. The first kappa shape index (κ1) is 13.2. The maximum atomic E-state index is 12.5. The van der Waals surface area contributed by atoms with Gasteiger partial charge in [0.1, 0.15) is 0 Å². The van der Waals surface area contributed by atoms with Gasteiger partial charge in [-0.1, -0.05) is 42.5 Å². The van der Waals surface area contributed by atoms with Crippen LogP contribution in [0.4, 0.5) is 11.4 Å². The molecular formula is C18H16N2O. The van der Waals surface area contributed by atoms with Crippen molar-refractivity contribution >= 4 is 28.1 Å². The van der Waals surface area contributed by atoms with Crippen molar-refractivity contribution in [3.63, 3.8) is 0 Å². The molecule has 3 nitrogen and oxygen atoms in total. The zero-order chi connectivity index (χ0) is 14.8. The highest BCUT2D eigenvalue weighted by molar-refractivity contribution is 6.13. The van der Waals surface area contributed by atoms with E-state index >= 15 is 0 Å². The Morgan fingerprint density at radius 1 is 1.00 bits per heavy atom. The van der Waals surface area contributed by atoms with Crippen LogP contribution in [0.15, 0.2) is 60.7 Å². The molecule has 0 saturated heterocycles. The molecule has 0 atom stereocenters. The van der Waals surface area contributed by atoms with E-state index < -0.39 is 0 Å². The van der Waals surface area contributed by atoms with E-state index in [1.54, 1.807) is 6.07 Å². The molecule has 0 heterocycles. The minimum absolute atomic E-state index is 0.130.